The molecule has 5 nitrogen and oxygen atoms in total. The zero-order chi connectivity index (χ0) is 16.9. The number of aryl methyl sites for hydroxylation is 1. The van der Waals surface area contributed by atoms with Crippen LogP contribution in [-0.2, 0) is 0 Å². The molecule has 1 atom stereocenters. The van der Waals surface area contributed by atoms with Gasteiger partial charge in [0.25, 0.3) is 0 Å². The van der Waals surface area contributed by atoms with Crippen LogP contribution in [-0.4, -0.2) is 22.0 Å². The Bertz CT molecular complexity index is 842. The van der Waals surface area contributed by atoms with E-state index >= 15 is 0 Å². The number of nitrogens with zero attached hydrogens (tertiary/aromatic N) is 3. The molecule has 0 spiro atoms. The molecule has 0 saturated carbocycles. The van der Waals surface area contributed by atoms with Crippen LogP contribution in [0.25, 0.3) is 10.9 Å². The van der Waals surface area contributed by atoms with Gasteiger partial charge in [0.05, 0.1) is 17.2 Å². The fraction of sp³-hybridized carbons (Fsp3) is 0.278. The van der Waals surface area contributed by atoms with E-state index in [9.17, 15) is 0 Å². The van der Waals surface area contributed by atoms with Crippen LogP contribution in [0.4, 0.5) is 10.8 Å². The second-order valence-electron chi connectivity index (χ2n) is 5.65. The lowest BCUT2D eigenvalue weighted by molar-refractivity contribution is 0.717. The molecule has 6 heteroatoms. The summed E-state index contributed by atoms with van der Waals surface area (Å²) in [5.41, 5.74) is 2.93. The molecule has 0 aliphatic heterocycles. The van der Waals surface area contributed by atoms with Crippen LogP contribution in [0.15, 0.2) is 46.9 Å². The molecule has 0 fully saturated rings. The Morgan fingerprint density at radius 1 is 1.29 bits per heavy atom. The van der Waals surface area contributed by atoms with Crippen molar-refractivity contribution in [1.82, 2.24) is 9.97 Å². The van der Waals surface area contributed by atoms with Crippen molar-refractivity contribution >= 4 is 39.0 Å². The number of anilines is 2. The van der Waals surface area contributed by atoms with Gasteiger partial charge in [0.2, 0.25) is 5.96 Å². The van der Waals surface area contributed by atoms with Crippen LogP contribution in [0.3, 0.4) is 0 Å². The van der Waals surface area contributed by atoms with Gasteiger partial charge in [-0.1, -0.05) is 25.1 Å². The molecule has 3 aromatic rings. The third-order valence-electron chi connectivity index (χ3n) is 3.70. The van der Waals surface area contributed by atoms with Crippen LogP contribution in [0.1, 0.15) is 26.0 Å². The number of hydrogen-bond donors (Lipinski definition) is 2. The van der Waals surface area contributed by atoms with Crippen molar-refractivity contribution in [2.24, 2.45) is 4.99 Å². The lowest BCUT2D eigenvalue weighted by atomic mass is 10.1. The molecular weight excluding hydrogens is 318 g/mol. The number of para-hydroxylation sites is 1. The van der Waals surface area contributed by atoms with Crippen LogP contribution in [0, 0.1) is 6.92 Å². The Balaban J connectivity index is 1.96. The predicted octanol–water partition coefficient (Wildman–Crippen LogP) is 4.68. The van der Waals surface area contributed by atoms with Crippen molar-refractivity contribution in [2.45, 2.75) is 33.2 Å². The molecule has 24 heavy (non-hydrogen) atoms. The summed E-state index contributed by atoms with van der Waals surface area (Å²) in [5.74, 6) is 0.704. The first-order valence-corrected chi connectivity index (χ1v) is 8.91. The monoisotopic (exact) mass is 339 g/mol. The molecule has 3 rings (SSSR count). The maximum absolute atomic E-state index is 4.74. The van der Waals surface area contributed by atoms with E-state index in [1.54, 1.807) is 17.5 Å². The Morgan fingerprint density at radius 3 is 2.88 bits per heavy atom. The number of thiazole rings is 1. The second kappa shape index (κ2) is 7.40. The van der Waals surface area contributed by atoms with Crippen molar-refractivity contribution < 1.29 is 0 Å². The number of hydrogen-bond acceptors (Lipinski definition) is 4. The van der Waals surface area contributed by atoms with Crippen molar-refractivity contribution in [3.63, 3.8) is 0 Å². The number of pyridine rings is 1. The number of benzene rings is 1. The zero-order valence-electron chi connectivity index (χ0n) is 14.1. The average molecular weight is 339 g/mol. The number of aliphatic imine (C=N–C) groups is 1. The quantitative estimate of drug-likeness (QED) is 0.535. The van der Waals surface area contributed by atoms with Crippen molar-refractivity contribution in [3.8, 4) is 0 Å². The summed E-state index contributed by atoms with van der Waals surface area (Å²) >= 11 is 1.55. The molecule has 0 amide bonds. The van der Waals surface area contributed by atoms with Gasteiger partial charge in [-0.15, -0.1) is 11.3 Å². The molecule has 1 aromatic carbocycles. The highest BCUT2D eigenvalue weighted by Crippen LogP contribution is 2.23. The summed E-state index contributed by atoms with van der Waals surface area (Å²) in [6.45, 7) is 6.22. The van der Waals surface area contributed by atoms with E-state index in [1.165, 1.54) is 0 Å². The van der Waals surface area contributed by atoms with Crippen LogP contribution in [0.5, 0.6) is 0 Å². The van der Waals surface area contributed by atoms with Crippen molar-refractivity contribution in [1.29, 1.82) is 0 Å². The molecule has 2 heterocycles. The van der Waals surface area contributed by atoms with Gasteiger partial charge in [0, 0.05) is 22.7 Å². The van der Waals surface area contributed by atoms with Crippen LogP contribution < -0.4 is 10.6 Å². The first-order valence-electron chi connectivity index (χ1n) is 8.03. The number of aromatic nitrogens is 2. The van der Waals surface area contributed by atoms with Gasteiger partial charge in [0.1, 0.15) is 0 Å². The second-order valence-corrected chi connectivity index (χ2v) is 6.55. The van der Waals surface area contributed by atoms with Crippen molar-refractivity contribution in [3.05, 3.63) is 47.6 Å². The largest absolute Gasteiger partial charge is 0.325 e. The van der Waals surface area contributed by atoms with E-state index in [1.807, 2.05) is 36.6 Å². The summed E-state index contributed by atoms with van der Waals surface area (Å²) in [6.07, 6.45) is 2.75. The van der Waals surface area contributed by atoms with Gasteiger partial charge < -0.3 is 10.6 Å². The standard InChI is InChI=1S/C18H21N5S/c1-4-12(2)21-17(23-18-19-9-10-24-18)22-16-11-13(3)20-15-8-6-5-7-14(15)16/h5-12H,4H2,1-3H3,(H2,19,20,21,22,23)/t12-/m0/s1. The molecule has 0 radical (unpaired) electrons. The van der Waals surface area contributed by atoms with Gasteiger partial charge in [0.15, 0.2) is 5.13 Å². The molecule has 0 saturated heterocycles. The minimum atomic E-state index is 0.217. The highest BCUT2D eigenvalue weighted by atomic mass is 32.1. The lowest BCUT2D eigenvalue weighted by Gasteiger charge is -2.15. The SMILES string of the molecule is CC[C@H](C)N=C(Nc1nccs1)Nc1cc(C)nc2ccccc12. The molecule has 0 aliphatic rings. The number of nitrogens with one attached hydrogen (secondary N) is 2. The number of fused-ring (bicyclic) bond motifs is 1. The topological polar surface area (TPSA) is 62.2 Å². The maximum atomic E-state index is 4.74. The maximum Gasteiger partial charge on any atom is 0.202 e. The highest BCUT2D eigenvalue weighted by Gasteiger charge is 2.09. The van der Waals surface area contributed by atoms with E-state index in [-0.39, 0.29) is 6.04 Å². The van der Waals surface area contributed by atoms with E-state index in [2.05, 4.69) is 40.5 Å². The minimum Gasteiger partial charge on any atom is -0.325 e. The van der Waals surface area contributed by atoms with E-state index in [0.717, 1.165) is 33.8 Å². The van der Waals surface area contributed by atoms with E-state index in [0.29, 0.717) is 5.96 Å². The van der Waals surface area contributed by atoms with Gasteiger partial charge >= 0.3 is 0 Å². The molecule has 0 aliphatic carbocycles. The summed E-state index contributed by atoms with van der Waals surface area (Å²) < 4.78 is 0. The molecule has 0 unspecified atom stereocenters. The summed E-state index contributed by atoms with van der Waals surface area (Å²) in [6, 6.07) is 10.4. The van der Waals surface area contributed by atoms with Crippen LogP contribution in [0.2, 0.25) is 0 Å². The Kier molecular flexibility index (Phi) is 5.05. The van der Waals surface area contributed by atoms with Crippen LogP contribution >= 0.6 is 11.3 Å². The zero-order valence-corrected chi connectivity index (χ0v) is 14.9. The fourth-order valence-electron chi connectivity index (χ4n) is 2.33. The molecule has 2 aromatic heterocycles. The van der Waals surface area contributed by atoms with Gasteiger partial charge in [-0.3, -0.25) is 4.98 Å². The van der Waals surface area contributed by atoms with E-state index in [4.69, 9.17) is 4.99 Å². The molecule has 0 bridgehead atoms. The summed E-state index contributed by atoms with van der Waals surface area (Å²) in [5, 5.41) is 10.5. The average Bonchev–Trinajstić information content (AvgIpc) is 3.07. The Morgan fingerprint density at radius 2 is 2.12 bits per heavy atom. The number of rotatable bonds is 4. The summed E-state index contributed by atoms with van der Waals surface area (Å²) in [4.78, 5) is 13.6. The van der Waals surface area contributed by atoms with Crippen molar-refractivity contribution in [2.75, 3.05) is 10.6 Å². The molecule has 2 N–H and O–H groups in total. The smallest absolute Gasteiger partial charge is 0.202 e. The number of guanidine groups is 1. The Labute approximate surface area is 145 Å². The molecule has 124 valence electrons. The first-order chi connectivity index (χ1) is 11.7. The third-order valence-corrected chi connectivity index (χ3v) is 4.38. The third kappa shape index (κ3) is 3.89. The Hall–Kier alpha value is -2.47. The van der Waals surface area contributed by atoms with Gasteiger partial charge in [-0.25, -0.2) is 9.98 Å². The fourth-order valence-corrected chi connectivity index (χ4v) is 2.86. The normalized spacial score (nSPS) is 13.0. The predicted molar refractivity (Wildman–Crippen MR) is 103 cm³/mol. The highest BCUT2D eigenvalue weighted by molar-refractivity contribution is 7.13. The first kappa shape index (κ1) is 16.4. The molecular formula is C18H21N5S. The lowest BCUT2D eigenvalue weighted by Crippen LogP contribution is -2.24. The van der Waals surface area contributed by atoms with Gasteiger partial charge in [-0.05, 0) is 32.4 Å². The van der Waals surface area contributed by atoms with E-state index < -0.39 is 0 Å². The van der Waals surface area contributed by atoms with Gasteiger partial charge in [-0.2, -0.15) is 0 Å². The summed E-state index contributed by atoms with van der Waals surface area (Å²) in [7, 11) is 0. The minimum absolute atomic E-state index is 0.217.